The first-order chi connectivity index (χ1) is 10.9. The Bertz CT molecular complexity index is 587. The van der Waals surface area contributed by atoms with Crippen molar-refractivity contribution in [1.29, 1.82) is 0 Å². The standard InChI is InChI=1S/C20H28O2S/c1-8-14(3)13-22-20-11-18(16(5)21-7)10-19(12-20)17(6)23-15(4)9-2/h9-12,14H,5-6,8,13H2,1-4,7H3/b15-9-. The largest absolute Gasteiger partial charge is 0.497 e. The zero-order valence-corrected chi connectivity index (χ0v) is 15.8. The van der Waals surface area contributed by atoms with Gasteiger partial charge in [0, 0.05) is 10.5 Å². The maximum Gasteiger partial charge on any atom is 0.120 e. The molecule has 1 rings (SSSR count). The fourth-order valence-electron chi connectivity index (χ4n) is 1.79. The van der Waals surface area contributed by atoms with Crippen LogP contribution in [0.15, 0.2) is 42.3 Å². The first-order valence-electron chi connectivity index (χ1n) is 7.92. The monoisotopic (exact) mass is 332 g/mol. The number of allylic oxidation sites excluding steroid dienone is 2. The van der Waals surface area contributed by atoms with E-state index in [1.807, 2.05) is 25.1 Å². The van der Waals surface area contributed by atoms with E-state index in [2.05, 4.69) is 40.0 Å². The van der Waals surface area contributed by atoms with Gasteiger partial charge in [0.05, 0.1) is 13.7 Å². The Hall–Kier alpha value is -1.61. The minimum atomic E-state index is 0.524. The molecule has 1 aromatic rings. The van der Waals surface area contributed by atoms with E-state index < -0.39 is 0 Å². The van der Waals surface area contributed by atoms with E-state index >= 15 is 0 Å². The van der Waals surface area contributed by atoms with Gasteiger partial charge in [0.25, 0.3) is 0 Å². The molecule has 0 heterocycles. The lowest BCUT2D eigenvalue weighted by molar-refractivity contribution is 0.256. The van der Waals surface area contributed by atoms with Crippen LogP contribution in [0.2, 0.25) is 0 Å². The Morgan fingerprint density at radius 1 is 1.26 bits per heavy atom. The zero-order chi connectivity index (χ0) is 17.4. The lowest BCUT2D eigenvalue weighted by atomic mass is 10.1. The van der Waals surface area contributed by atoms with Crippen molar-refractivity contribution >= 4 is 22.4 Å². The van der Waals surface area contributed by atoms with Gasteiger partial charge in [-0.1, -0.05) is 51.3 Å². The van der Waals surface area contributed by atoms with Crippen molar-refractivity contribution < 1.29 is 9.47 Å². The highest BCUT2D eigenvalue weighted by molar-refractivity contribution is 8.11. The number of benzene rings is 1. The van der Waals surface area contributed by atoms with Gasteiger partial charge in [-0.25, -0.2) is 0 Å². The zero-order valence-electron chi connectivity index (χ0n) is 14.9. The molecule has 1 aromatic carbocycles. The van der Waals surface area contributed by atoms with Crippen LogP contribution < -0.4 is 4.74 Å². The number of methoxy groups -OCH3 is 1. The fraction of sp³-hybridized carbons (Fsp3) is 0.400. The summed E-state index contributed by atoms with van der Waals surface area (Å²) in [5, 5.41) is 0. The predicted octanol–water partition coefficient (Wildman–Crippen LogP) is 6.36. The average Bonchev–Trinajstić information content (AvgIpc) is 2.58. The fourth-order valence-corrected chi connectivity index (χ4v) is 2.53. The minimum Gasteiger partial charge on any atom is -0.497 e. The summed E-state index contributed by atoms with van der Waals surface area (Å²) in [6.45, 7) is 17.3. The van der Waals surface area contributed by atoms with E-state index in [1.165, 1.54) is 4.91 Å². The number of ether oxygens (including phenoxy) is 2. The van der Waals surface area contributed by atoms with Gasteiger partial charge in [-0.05, 0) is 48.4 Å². The van der Waals surface area contributed by atoms with E-state index in [4.69, 9.17) is 9.47 Å². The molecule has 0 aliphatic heterocycles. The summed E-state index contributed by atoms with van der Waals surface area (Å²) in [4.78, 5) is 2.20. The molecule has 0 aliphatic rings. The average molecular weight is 333 g/mol. The summed E-state index contributed by atoms with van der Waals surface area (Å²) in [5.74, 6) is 1.98. The Morgan fingerprint density at radius 3 is 2.48 bits per heavy atom. The van der Waals surface area contributed by atoms with Gasteiger partial charge in [-0.3, -0.25) is 0 Å². The molecule has 0 amide bonds. The number of rotatable bonds is 9. The van der Waals surface area contributed by atoms with Crippen LogP contribution in [0.3, 0.4) is 0 Å². The van der Waals surface area contributed by atoms with E-state index in [1.54, 1.807) is 18.9 Å². The van der Waals surface area contributed by atoms with Crippen LogP contribution in [0.1, 0.15) is 45.2 Å². The molecule has 0 aliphatic carbocycles. The van der Waals surface area contributed by atoms with Crippen LogP contribution in [0.5, 0.6) is 5.75 Å². The van der Waals surface area contributed by atoms with Crippen LogP contribution in [0, 0.1) is 5.92 Å². The van der Waals surface area contributed by atoms with Crippen LogP contribution >= 0.6 is 11.8 Å². The van der Waals surface area contributed by atoms with Gasteiger partial charge < -0.3 is 9.47 Å². The van der Waals surface area contributed by atoms with E-state index in [0.717, 1.165) is 28.2 Å². The highest BCUT2D eigenvalue weighted by Crippen LogP contribution is 2.35. The molecule has 3 heteroatoms. The van der Waals surface area contributed by atoms with E-state index in [-0.39, 0.29) is 0 Å². The van der Waals surface area contributed by atoms with Crippen LogP contribution in [0.25, 0.3) is 10.7 Å². The third-order valence-electron chi connectivity index (χ3n) is 3.72. The molecule has 0 saturated carbocycles. The Balaban J connectivity index is 3.08. The van der Waals surface area contributed by atoms with Gasteiger partial charge in [-0.15, -0.1) is 0 Å². The molecule has 126 valence electrons. The van der Waals surface area contributed by atoms with Gasteiger partial charge in [-0.2, -0.15) is 0 Å². The molecule has 0 N–H and O–H groups in total. The predicted molar refractivity (Wildman–Crippen MR) is 103 cm³/mol. The van der Waals surface area contributed by atoms with Crippen LogP contribution in [-0.2, 0) is 4.74 Å². The molecule has 0 saturated heterocycles. The van der Waals surface area contributed by atoms with Crippen molar-refractivity contribution in [1.82, 2.24) is 0 Å². The number of thioether (sulfide) groups is 1. The van der Waals surface area contributed by atoms with E-state index in [0.29, 0.717) is 18.3 Å². The molecule has 0 aromatic heterocycles. The summed E-state index contributed by atoms with van der Waals surface area (Å²) >= 11 is 1.66. The second-order valence-corrected chi connectivity index (χ2v) is 6.96. The van der Waals surface area contributed by atoms with Crippen LogP contribution in [-0.4, -0.2) is 13.7 Å². The lowest BCUT2D eigenvalue weighted by Gasteiger charge is -2.15. The van der Waals surface area contributed by atoms with Crippen molar-refractivity contribution in [2.45, 2.75) is 34.1 Å². The van der Waals surface area contributed by atoms with Crippen molar-refractivity contribution in [3.05, 3.63) is 53.5 Å². The SMILES string of the molecule is C=C(OC)c1cc(OCC(C)CC)cc(C(=C)S/C(C)=C\C)c1. The third-order valence-corrected chi connectivity index (χ3v) is 4.76. The first kappa shape index (κ1) is 19.4. The quantitative estimate of drug-likeness (QED) is 0.490. The molecule has 2 nitrogen and oxygen atoms in total. The van der Waals surface area contributed by atoms with Gasteiger partial charge in [0.1, 0.15) is 11.5 Å². The smallest absolute Gasteiger partial charge is 0.120 e. The summed E-state index contributed by atoms with van der Waals surface area (Å²) in [6.07, 6.45) is 3.18. The van der Waals surface area contributed by atoms with Gasteiger partial charge in [0.15, 0.2) is 0 Å². The highest BCUT2D eigenvalue weighted by atomic mass is 32.2. The van der Waals surface area contributed by atoms with Crippen LogP contribution in [0.4, 0.5) is 0 Å². The molecule has 0 bridgehead atoms. The molecule has 1 atom stereocenters. The lowest BCUT2D eigenvalue weighted by Crippen LogP contribution is -2.07. The Labute approximate surface area is 145 Å². The molecule has 0 fully saturated rings. The van der Waals surface area contributed by atoms with Crippen molar-refractivity contribution in [3.8, 4) is 5.75 Å². The molecule has 23 heavy (non-hydrogen) atoms. The van der Waals surface area contributed by atoms with Crippen molar-refractivity contribution in [2.24, 2.45) is 5.92 Å². The second kappa shape index (κ2) is 9.51. The summed E-state index contributed by atoms with van der Waals surface area (Å²) < 4.78 is 11.2. The maximum absolute atomic E-state index is 5.95. The topological polar surface area (TPSA) is 18.5 Å². The Morgan fingerprint density at radius 2 is 1.91 bits per heavy atom. The highest BCUT2D eigenvalue weighted by Gasteiger charge is 2.10. The second-order valence-electron chi connectivity index (χ2n) is 5.62. The first-order valence-corrected chi connectivity index (χ1v) is 8.74. The summed E-state index contributed by atoms with van der Waals surface area (Å²) in [5.41, 5.74) is 1.95. The van der Waals surface area contributed by atoms with Gasteiger partial charge >= 0.3 is 0 Å². The molecular formula is C20H28O2S. The maximum atomic E-state index is 5.95. The molecule has 1 unspecified atom stereocenters. The molecule has 0 spiro atoms. The summed E-state index contributed by atoms with van der Waals surface area (Å²) in [7, 11) is 1.63. The molecule has 0 radical (unpaired) electrons. The van der Waals surface area contributed by atoms with E-state index in [9.17, 15) is 0 Å². The molecular weight excluding hydrogens is 304 g/mol. The Kier molecular flexibility index (Phi) is 8.04. The minimum absolute atomic E-state index is 0.524. The van der Waals surface area contributed by atoms with Crippen molar-refractivity contribution in [2.75, 3.05) is 13.7 Å². The number of hydrogen-bond donors (Lipinski definition) is 0. The van der Waals surface area contributed by atoms with Crippen molar-refractivity contribution in [3.63, 3.8) is 0 Å². The number of hydrogen-bond acceptors (Lipinski definition) is 3. The third kappa shape index (κ3) is 6.19. The van der Waals surface area contributed by atoms with Gasteiger partial charge in [0.2, 0.25) is 0 Å². The normalized spacial score (nSPS) is 12.7. The summed E-state index contributed by atoms with van der Waals surface area (Å²) in [6, 6.07) is 6.05.